The molecule has 1 aliphatic heterocycles. The lowest BCUT2D eigenvalue weighted by Crippen LogP contribution is -2.54. The average molecular weight is 396 g/mol. The van der Waals surface area contributed by atoms with Crippen molar-refractivity contribution in [2.24, 2.45) is 0 Å². The maximum Gasteiger partial charge on any atom is 0.270 e. The van der Waals surface area contributed by atoms with E-state index in [9.17, 15) is 9.59 Å². The Morgan fingerprint density at radius 2 is 1.64 bits per heavy atom. The van der Waals surface area contributed by atoms with Gasteiger partial charge in [0.1, 0.15) is 5.57 Å². The second kappa shape index (κ2) is 7.82. The fraction of sp³-hybridized carbons (Fsp3) is 0.190. The quantitative estimate of drug-likeness (QED) is 0.489. The lowest BCUT2D eigenvalue weighted by molar-refractivity contribution is -0.122. The van der Waals surface area contributed by atoms with E-state index in [0.29, 0.717) is 22.7 Å². The lowest BCUT2D eigenvalue weighted by atomic mass is 10.0. The molecule has 1 saturated heterocycles. The van der Waals surface area contributed by atoms with Gasteiger partial charge in [0.2, 0.25) is 0 Å². The standard InChI is InChI=1S/C21H20N2O4S/c1-12-7-5-6-8-16(12)23-20(25)15(19(24)22-21(23)28)10-14-11-18(27-4)17(26-3)9-13(14)2/h5-11H,1-4H3,(H,22,24,28)/b15-10+. The van der Waals surface area contributed by atoms with E-state index in [0.717, 1.165) is 11.1 Å². The van der Waals surface area contributed by atoms with Crippen LogP contribution in [0.15, 0.2) is 42.0 Å². The Morgan fingerprint density at radius 1 is 1.00 bits per heavy atom. The second-order valence-electron chi connectivity index (χ2n) is 6.31. The van der Waals surface area contributed by atoms with Gasteiger partial charge >= 0.3 is 0 Å². The van der Waals surface area contributed by atoms with Crippen LogP contribution in [0.4, 0.5) is 5.69 Å². The molecule has 2 aromatic carbocycles. The van der Waals surface area contributed by atoms with Crippen LogP contribution in [0.3, 0.4) is 0 Å². The first kappa shape index (κ1) is 19.6. The highest BCUT2D eigenvalue weighted by atomic mass is 32.1. The molecule has 0 saturated carbocycles. The summed E-state index contributed by atoms with van der Waals surface area (Å²) < 4.78 is 10.6. The molecule has 0 spiro atoms. The minimum absolute atomic E-state index is 0.00725. The zero-order valence-corrected chi connectivity index (χ0v) is 16.8. The molecule has 1 fully saturated rings. The largest absolute Gasteiger partial charge is 0.493 e. The number of nitrogens with one attached hydrogen (secondary N) is 1. The molecule has 6 nitrogen and oxygen atoms in total. The number of rotatable bonds is 4. The third-order valence-corrected chi connectivity index (χ3v) is 4.81. The summed E-state index contributed by atoms with van der Waals surface area (Å²) in [5.41, 5.74) is 3.01. The van der Waals surface area contributed by atoms with Gasteiger partial charge in [0, 0.05) is 0 Å². The van der Waals surface area contributed by atoms with Crippen LogP contribution < -0.4 is 19.7 Å². The summed E-state index contributed by atoms with van der Waals surface area (Å²) in [4.78, 5) is 27.0. The number of hydrogen-bond donors (Lipinski definition) is 1. The molecule has 1 heterocycles. The van der Waals surface area contributed by atoms with Crippen molar-refractivity contribution in [1.29, 1.82) is 0 Å². The molecule has 28 heavy (non-hydrogen) atoms. The van der Waals surface area contributed by atoms with Gasteiger partial charge in [-0.15, -0.1) is 0 Å². The number of aryl methyl sites for hydroxylation is 2. The van der Waals surface area contributed by atoms with E-state index < -0.39 is 11.8 Å². The number of amides is 2. The number of anilines is 1. The van der Waals surface area contributed by atoms with Crippen molar-refractivity contribution >= 4 is 40.9 Å². The van der Waals surface area contributed by atoms with Gasteiger partial charge in [-0.05, 0) is 67.0 Å². The van der Waals surface area contributed by atoms with Gasteiger partial charge in [-0.2, -0.15) is 0 Å². The van der Waals surface area contributed by atoms with Crippen LogP contribution in [0.25, 0.3) is 6.08 Å². The highest BCUT2D eigenvalue weighted by Crippen LogP contribution is 2.32. The van der Waals surface area contributed by atoms with Crippen LogP contribution in [0.2, 0.25) is 0 Å². The van der Waals surface area contributed by atoms with Gasteiger partial charge in [-0.25, -0.2) is 0 Å². The van der Waals surface area contributed by atoms with Crippen molar-refractivity contribution in [1.82, 2.24) is 5.32 Å². The minimum Gasteiger partial charge on any atom is -0.493 e. The Hall–Kier alpha value is -3.19. The summed E-state index contributed by atoms with van der Waals surface area (Å²) >= 11 is 5.25. The number of carbonyl (C=O) groups excluding carboxylic acids is 2. The van der Waals surface area contributed by atoms with E-state index in [4.69, 9.17) is 21.7 Å². The summed E-state index contributed by atoms with van der Waals surface area (Å²) in [6, 6.07) is 10.9. The molecule has 0 bridgehead atoms. The van der Waals surface area contributed by atoms with E-state index >= 15 is 0 Å². The van der Waals surface area contributed by atoms with Gasteiger partial charge in [-0.1, -0.05) is 18.2 Å². The first-order chi connectivity index (χ1) is 13.4. The molecule has 7 heteroatoms. The lowest BCUT2D eigenvalue weighted by Gasteiger charge is -2.30. The summed E-state index contributed by atoms with van der Waals surface area (Å²) in [6.45, 7) is 3.74. The number of methoxy groups -OCH3 is 2. The molecule has 0 unspecified atom stereocenters. The van der Waals surface area contributed by atoms with E-state index in [2.05, 4.69) is 5.32 Å². The molecular weight excluding hydrogens is 376 g/mol. The fourth-order valence-corrected chi connectivity index (χ4v) is 3.27. The van der Waals surface area contributed by atoms with Crippen molar-refractivity contribution in [3.8, 4) is 11.5 Å². The van der Waals surface area contributed by atoms with Crippen LogP contribution in [0, 0.1) is 13.8 Å². The first-order valence-corrected chi connectivity index (χ1v) is 8.98. The monoisotopic (exact) mass is 396 g/mol. The minimum atomic E-state index is -0.533. The third kappa shape index (κ3) is 3.48. The van der Waals surface area contributed by atoms with Crippen molar-refractivity contribution in [3.63, 3.8) is 0 Å². The fourth-order valence-electron chi connectivity index (χ4n) is 3.00. The zero-order chi connectivity index (χ0) is 20.4. The van der Waals surface area contributed by atoms with E-state index in [1.54, 1.807) is 31.4 Å². The normalized spacial score (nSPS) is 15.6. The number of thiocarbonyl (C=S) groups is 1. The van der Waals surface area contributed by atoms with Crippen LogP contribution >= 0.6 is 12.2 Å². The molecular formula is C21H20N2O4S. The van der Waals surface area contributed by atoms with E-state index in [1.807, 2.05) is 32.0 Å². The molecule has 144 valence electrons. The summed E-state index contributed by atoms with van der Waals surface area (Å²) in [7, 11) is 3.08. The van der Waals surface area contributed by atoms with Crippen molar-refractivity contribution in [2.45, 2.75) is 13.8 Å². The molecule has 2 aromatic rings. The van der Waals surface area contributed by atoms with Gasteiger partial charge < -0.3 is 9.47 Å². The van der Waals surface area contributed by atoms with Crippen LogP contribution in [-0.2, 0) is 9.59 Å². The Labute approximate surface area is 168 Å². The van der Waals surface area contributed by atoms with Crippen molar-refractivity contribution in [2.75, 3.05) is 19.1 Å². The summed E-state index contributed by atoms with van der Waals surface area (Å²) in [5, 5.41) is 2.66. The number of ether oxygens (including phenoxy) is 2. The highest BCUT2D eigenvalue weighted by Gasteiger charge is 2.35. The molecule has 0 atom stereocenters. The van der Waals surface area contributed by atoms with Gasteiger partial charge in [0.05, 0.1) is 19.9 Å². The Morgan fingerprint density at radius 3 is 2.29 bits per heavy atom. The molecule has 1 N–H and O–H groups in total. The molecule has 0 radical (unpaired) electrons. The highest BCUT2D eigenvalue weighted by molar-refractivity contribution is 7.80. The number of para-hydroxylation sites is 1. The second-order valence-corrected chi connectivity index (χ2v) is 6.69. The maximum absolute atomic E-state index is 13.1. The van der Waals surface area contributed by atoms with Crippen LogP contribution in [0.1, 0.15) is 16.7 Å². The van der Waals surface area contributed by atoms with Crippen LogP contribution in [0.5, 0.6) is 11.5 Å². The van der Waals surface area contributed by atoms with Gasteiger partial charge in [-0.3, -0.25) is 19.8 Å². The van der Waals surface area contributed by atoms with E-state index in [-0.39, 0.29) is 10.7 Å². The molecule has 3 rings (SSSR count). The predicted molar refractivity (Wildman–Crippen MR) is 112 cm³/mol. The molecule has 1 aliphatic rings. The Kier molecular flexibility index (Phi) is 5.46. The zero-order valence-electron chi connectivity index (χ0n) is 16.0. The van der Waals surface area contributed by atoms with Crippen LogP contribution in [-0.4, -0.2) is 31.1 Å². The number of benzene rings is 2. The van der Waals surface area contributed by atoms with Gasteiger partial charge in [0.25, 0.3) is 11.8 Å². The number of hydrogen-bond acceptors (Lipinski definition) is 5. The van der Waals surface area contributed by atoms with Gasteiger partial charge in [0.15, 0.2) is 16.6 Å². The third-order valence-electron chi connectivity index (χ3n) is 4.53. The Bertz CT molecular complexity index is 1010. The molecule has 2 amide bonds. The first-order valence-electron chi connectivity index (χ1n) is 8.57. The number of nitrogens with zero attached hydrogens (tertiary/aromatic N) is 1. The predicted octanol–water partition coefficient (Wildman–Crippen LogP) is 3.15. The smallest absolute Gasteiger partial charge is 0.270 e. The average Bonchev–Trinajstić information content (AvgIpc) is 2.67. The topological polar surface area (TPSA) is 67.9 Å². The maximum atomic E-state index is 13.1. The summed E-state index contributed by atoms with van der Waals surface area (Å²) in [6.07, 6.45) is 1.54. The SMILES string of the molecule is COc1cc(C)c(/C=C2\C(=O)NC(=S)N(c3ccccc3C)C2=O)cc1OC. The number of carbonyl (C=O) groups is 2. The summed E-state index contributed by atoms with van der Waals surface area (Å²) in [5.74, 6) is 0.0745. The van der Waals surface area contributed by atoms with E-state index in [1.165, 1.54) is 12.0 Å². The Balaban J connectivity index is 2.09. The van der Waals surface area contributed by atoms with Crippen molar-refractivity contribution in [3.05, 3.63) is 58.7 Å². The molecule has 0 aliphatic carbocycles. The van der Waals surface area contributed by atoms with Crippen molar-refractivity contribution < 1.29 is 19.1 Å². The molecule has 0 aromatic heterocycles.